The van der Waals surface area contributed by atoms with E-state index in [-0.39, 0.29) is 0 Å². The van der Waals surface area contributed by atoms with Gasteiger partial charge in [-0.05, 0) is 24.7 Å². The molecule has 0 unspecified atom stereocenters. The molecular weight excluding hydrogens is 200 g/mol. The van der Waals surface area contributed by atoms with Gasteiger partial charge in [-0.1, -0.05) is 52.0 Å². The first-order chi connectivity index (χ1) is 6.91. The standard InChI is InChI=1S/C14H26S/c1-11(2)7-13(5)9-15-10-14(6)8-12(3)4/h11-12H,5-10H2,1-4H3. The van der Waals surface area contributed by atoms with Gasteiger partial charge in [0, 0.05) is 11.5 Å². The van der Waals surface area contributed by atoms with Crippen molar-refractivity contribution in [1.29, 1.82) is 0 Å². The second-order valence-electron chi connectivity index (χ2n) is 5.19. The van der Waals surface area contributed by atoms with E-state index in [2.05, 4.69) is 40.9 Å². The fourth-order valence-electron chi connectivity index (χ4n) is 1.61. The van der Waals surface area contributed by atoms with E-state index >= 15 is 0 Å². The Morgan fingerprint density at radius 1 is 0.867 bits per heavy atom. The van der Waals surface area contributed by atoms with Crippen molar-refractivity contribution in [2.75, 3.05) is 11.5 Å². The predicted molar refractivity (Wildman–Crippen MR) is 74.5 cm³/mol. The molecule has 0 rings (SSSR count). The third-order valence-corrected chi connectivity index (χ3v) is 3.23. The summed E-state index contributed by atoms with van der Waals surface area (Å²) >= 11 is 1.95. The highest BCUT2D eigenvalue weighted by Crippen LogP contribution is 2.19. The molecule has 0 fully saturated rings. The van der Waals surface area contributed by atoms with Crippen LogP contribution in [0.1, 0.15) is 40.5 Å². The van der Waals surface area contributed by atoms with Crippen molar-refractivity contribution in [2.45, 2.75) is 40.5 Å². The lowest BCUT2D eigenvalue weighted by Gasteiger charge is -2.10. The summed E-state index contributed by atoms with van der Waals surface area (Å²) in [6, 6.07) is 0. The molecule has 0 heterocycles. The van der Waals surface area contributed by atoms with Crippen molar-refractivity contribution in [3.63, 3.8) is 0 Å². The molecule has 0 atom stereocenters. The fraction of sp³-hybridized carbons (Fsp3) is 0.714. The van der Waals surface area contributed by atoms with Gasteiger partial charge in [0.2, 0.25) is 0 Å². The van der Waals surface area contributed by atoms with E-state index in [0.29, 0.717) is 0 Å². The highest BCUT2D eigenvalue weighted by molar-refractivity contribution is 7.99. The van der Waals surface area contributed by atoms with Crippen LogP contribution >= 0.6 is 11.8 Å². The van der Waals surface area contributed by atoms with Gasteiger partial charge in [0.25, 0.3) is 0 Å². The summed E-state index contributed by atoms with van der Waals surface area (Å²) in [7, 11) is 0. The van der Waals surface area contributed by atoms with Crippen molar-refractivity contribution in [1.82, 2.24) is 0 Å². The molecule has 0 aliphatic carbocycles. The minimum Gasteiger partial charge on any atom is -0.153 e. The molecule has 0 saturated carbocycles. The summed E-state index contributed by atoms with van der Waals surface area (Å²) in [5, 5.41) is 0. The third kappa shape index (κ3) is 10.1. The SMILES string of the molecule is C=C(CSCC(=C)CC(C)C)CC(C)C. The molecule has 0 aromatic rings. The molecule has 0 bridgehead atoms. The topological polar surface area (TPSA) is 0 Å². The Labute approximate surface area is 100 Å². The highest BCUT2D eigenvalue weighted by atomic mass is 32.2. The number of thioether (sulfide) groups is 1. The Morgan fingerprint density at radius 3 is 1.47 bits per heavy atom. The van der Waals surface area contributed by atoms with Crippen molar-refractivity contribution >= 4 is 11.8 Å². The van der Waals surface area contributed by atoms with Crippen molar-refractivity contribution in [2.24, 2.45) is 11.8 Å². The predicted octanol–water partition coefficient (Wildman–Crippen LogP) is 4.92. The third-order valence-electron chi connectivity index (χ3n) is 2.01. The van der Waals surface area contributed by atoms with Crippen LogP contribution in [0.5, 0.6) is 0 Å². The molecule has 0 amide bonds. The molecule has 1 heteroatoms. The van der Waals surface area contributed by atoms with Crippen LogP contribution in [0.4, 0.5) is 0 Å². The minimum absolute atomic E-state index is 0.733. The largest absolute Gasteiger partial charge is 0.153 e. The van der Waals surface area contributed by atoms with Crippen molar-refractivity contribution < 1.29 is 0 Å². The molecule has 0 radical (unpaired) electrons. The molecule has 0 nitrogen and oxygen atoms in total. The zero-order valence-corrected chi connectivity index (χ0v) is 11.6. The van der Waals surface area contributed by atoms with Crippen LogP contribution in [0.3, 0.4) is 0 Å². The lowest BCUT2D eigenvalue weighted by molar-refractivity contribution is 0.643. The second-order valence-corrected chi connectivity index (χ2v) is 6.17. The first-order valence-corrected chi connectivity index (χ1v) is 6.98. The summed E-state index contributed by atoms with van der Waals surface area (Å²) < 4.78 is 0. The van der Waals surface area contributed by atoms with E-state index < -0.39 is 0 Å². The Bertz CT molecular complexity index is 179. The number of hydrogen-bond donors (Lipinski definition) is 0. The zero-order chi connectivity index (χ0) is 11.8. The fourth-order valence-corrected chi connectivity index (χ4v) is 2.53. The molecule has 0 N–H and O–H groups in total. The van der Waals surface area contributed by atoms with E-state index in [4.69, 9.17) is 0 Å². The molecule has 0 spiro atoms. The molecule has 0 saturated heterocycles. The maximum Gasteiger partial charge on any atom is 0.0143 e. The van der Waals surface area contributed by atoms with Gasteiger partial charge in [-0.3, -0.25) is 0 Å². The van der Waals surface area contributed by atoms with Crippen LogP contribution in [-0.4, -0.2) is 11.5 Å². The van der Waals surface area contributed by atoms with E-state index in [9.17, 15) is 0 Å². The van der Waals surface area contributed by atoms with E-state index in [1.54, 1.807) is 0 Å². The second kappa shape index (κ2) is 8.04. The molecule has 88 valence electrons. The van der Waals surface area contributed by atoms with Crippen LogP contribution in [0.15, 0.2) is 24.3 Å². The van der Waals surface area contributed by atoms with Crippen LogP contribution in [0.2, 0.25) is 0 Å². The smallest absolute Gasteiger partial charge is 0.0143 e. The van der Waals surface area contributed by atoms with Gasteiger partial charge in [0.05, 0.1) is 0 Å². The lowest BCUT2D eigenvalue weighted by atomic mass is 10.1. The van der Waals surface area contributed by atoms with Crippen molar-refractivity contribution in [3.8, 4) is 0 Å². The summed E-state index contributed by atoms with van der Waals surface area (Å²) in [5.41, 5.74) is 2.74. The maximum absolute atomic E-state index is 4.10. The van der Waals surface area contributed by atoms with Gasteiger partial charge < -0.3 is 0 Å². The zero-order valence-electron chi connectivity index (χ0n) is 10.8. The van der Waals surface area contributed by atoms with Crippen LogP contribution < -0.4 is 0 Å². The van der Waals surface area contributed by atoms with Gasteiger partial charge in [0.1, 0.15) is 0 Å². The highest BCUT2D eigenvalue weighted by Gasteiger charge is 2.02. The minimum atomic E-state index is 0.733. The molecule has 0 aromatic carbocycles. The summed E-state index contributed by atoms with van der Waals surface area (Å²) in [6.07, 6.45) is 2.31. The van der Waals surface area contributed by atoms with Crippen molar-refractivity contribution in [3.05, 3.63) is 24.3 Å². The Hall–Kier alpha value is -0.170. The summed E-state index contributed by atoms with van der Waals surface area (Å²) in [6.45, 7) is 17.2. The first kappa shape index (κ1) is 14.8. The van der Waals surface area contributed by atoms with Gasteiger partial charge in [-0.2, -0.15) is 11.8 Å². The monoisotopic (exact) mass is 226 g/mol. The van der Waals surface area contributed by atoms with E-state index in [1.807, 2.05) is 11.8 Å². The quantitative estimate of drug-likeness (QED) is 0.529. The normalized spacial score (nSPS) is 11.1. The van der Waals surface area contributed by atoms with E-state index in [1.165, 1.54) is 11.1 Å². The Balaban J connectivity index is 3.53. The average Bonchev–Trinajstić information content (AvgIpc) is 2.00. The summed E-state index contributed by atoms with van der Waals surface area (Å²) in [5.74, 6) is 3.65. The molecular formula is C14H26S. The average molecular weight is 226 g/mol. The van der Waals surface area contributed by atoms with Gasteiger partial charge >= 0.3 is 0 Å². The first-order valence-electron chi connectivity index (χ1n) is 5.82. The van der Waals surface area contributed by atoms with Gasteiger partial charge in [0.15, 0.2) is 0 Å². The van der Waals surface area contributed by atoms with Crippen LogP contribution in [-0.2, 0) is 0 Å². The van der Waals surface area contributed by atoms with Crippen LogP contribution in [0.25, 0.3) is 0 Å². The molecule has 0 aliphatic heterocycles. The molecule has 0 aromatic heterocycles. The Morgan fingerprint density at radius 2 is 1.20 bits per heavy atom. The van der Waals surface area contributed by atoms with Gasteiger partial charge in [-0.15, -0.1) is 0 Å². The van der Waals surface area contributed by atoms with E-state index in [0.717, 1.165) is 36.2 Å². The van der Waals surface area contributed by atoms with Crippen LogP contribution in [0, 0.1) is 11.8 Å². The molecule has 0 aliphatic rings. The Kier molecular flexibility index (Phi) is 7.95. The number of hydrogen-bond acceptors (Lipinski definition) is 1. The number of rotatable bonds is 8. The van der Waals surface area contributed by atoms with Gasteiger partial charge in [-0.25, -0.2) is 0 Å². The maximum atomic E-state index is 4.10. The lowest BCUT2D eigenvalue weighted by Crippen LogP contribution is -1.97. The molecule has 15 heavy (non-hydrogen) atoms. The summed E-state index contributed by atoms with van der Waals surface area (Å²) in [4.78, 5) is 0.